The number of anilines is 1. The lowest BCUT2D eigenvalue weighted by molar-refractivity contribution is -0.132. The van der Waals surface area contributed by atoms with Crippen LogP contribution in [0.3, 0.4) is 0 Å². The van der Waals surface area contributed by atoms with Gasteiger partial charge in [0.2, 0.25) is 5.91 Å². The fourth-order valence-electron chi connectivity index (χ4n) is 4.39. The molecule has 1 N–H and O–H groups in total. The van der Waals surface area contributed by atoms with E-state index in [1.54, 1.807) is 0 Å². The van der Waals surface area contributed by atoms with Gasteiger partial charge >= 0.3 is 0 Å². The molecule has 186 valence electrons. The average Bonchev–Trinajstić information content (AvgIpc) is 3.46. The number of nitrogens with one attached hydrogen (secondary N) is 1. The first-order valence-corrected chi connectivity index (χ1v) is 12.4. The van der Waals surface area contributed by atoms with Gasteiger partial charge in [-0.2, -0.15) is 5.10 Å². The number of rotatable bonds is 9. The van der Waals surface area contributed by atoms with Crippen LogP contribution in [0.2, 0.25) is 0 Å². The van der Waals surface area contributed by atoms with Crippen LogP contribution in [0.25, 0.3) is 0 Å². The number of hydrogen-bond donors (Lipinski definition) is 1. The zero-order valence-corrected chi connectivity index (χ0v) is 20.5. The fourth-order valence-corrected chi connectivity index (χ4v) is 4.39. The molecular formula is C27H35N5O3. The van der Waals surface area contributed by atoms with Gasteiger partial charge in [-0.25, -0.2) is 5.43 Å². The highest BCUT2D eigenvalue weighted by molar-refractivity contribution is 5.99. The molecule has 0 bridgehead atoms. The molecule has 0 aliphatic carbocycles. The summed E-state index contributed by atoms with van der Waals surface area (Å²) >= 11 is 0. The van der Waals surface area contributed by atoms with Crippen LogP contribution in [0.5, 0.6) is 5.75 Å². The van der Waals surface area contributed by atoms with Crippen molar-refractivity contribution < 1.29 is 14.3 Å². The Morgan fingerprint density at radius 1 is 0.914 bits per heavy atom. The molecule has 0 unspecified atom stereocenters. The Hall–Kier alpha value is -3.39. The van der Waals surface area contributed by atoms with Gasteiger partial charge < -0.3 is 14.5 Å². The maximum absolute atomic E-state index is 12.3. The SMILES string of the molecule is C/C(=N\NC(=O)CCN1CCN(c2ccccc2)CC1)c1ccc(OCC(=O)N2CCCC2)cc1. The molecule has 2 aliphatic rings. The van der Waals surface area contributed by atoms with Crippen molar-refractivity contribution in [3.05, 3.63) is 60.2 Å². The van der Waals surface area contributed by atoms with Crippen molar-refractivity contribution in [3.63, 3.8) is 0 Å². The van der Waals surface area contributed by atoms with Gasteiger partial charge in [0.15, 0.2) is 6.61 Å². The van der Waals surface area contributed by atoms with Crippen molar-refractivity contribution >= 4 is 23.2 Å². The lowest BCUT2D eigenvalue weighted by atomic mass is 10.1. The predicted octanol–water partition coefficient (Wildman–Crippen LogP) is 2.74. The van der Waals surface area contributed by atoms with E-state index in [2.05, 4.69) is 44.6 Å². The van der Waals surface area contributed by atoms with Gasteiger partial charge in [-0.15, -0.1) is 0 Å². The van der Waals surface area contributed by atoms with E-state index in [-0.39, 0.29) is 18.4 Å². The van der Waals surface area contributed by atoms with Gasteiger partial charge in [-0.1, -0.05) is 18.2 Å². The normalized spacial score (nSPS) is 16.9. The van der Waals surface area contributed by atoms with Crippen molar-refractivity contribution in [1.29, 1.82) is 0 Å². The van der Waals surface area contributed by atoms with Crippen LogP contribution < -0.4 is 15.1 Å². The minimum atomic E-state index is -0.0878. The van der Waals surface area contributed by atoms with Crippen molar-refractivity contribution in [2.24, 2.45) is 5.10 Å². The number of nitrogens with zero attached hydrogens (tertiary/aromatic N) is 4. The molecule has 0 saturated carbocycles. The van der Waals surface area contributed by atoms with E-state index in [0.29, 0.717) is 12.2 Å². The number of piperazine rings is 1. The topological polar surface area (TPSA) is 77.5 Å². The first-order valence-electron chi connectivity index (χ1n) is 12.4. The van der Waals surface area contributed by atoms with Crippen molar-refractivity contribution in [1.82, 2.24) is 15.2 Å². The van der Waals surface area contributed by atoms with E-state index in [0.717, 1.165) is 69.9 Å². The third-order valence-electron chi connectivity index (χ3n) is 6.59. The zero-order valence-electron chi connectivity index (χ0n) is 20.5. The van der Waals surface area contributed by atoms with Gasteiger partial charge in [0.25, 0.3) is 5.91 Å². The molecular weight excluding hydrogens is 442 g/mol. The van der Waals surface area contributed by atoms with Gasteiger partial charge in [0.1, 0.15) is 5.75 Å². The lowest BCUT2D eigenvalue weighted by Crippen LogP contribution is -2.47. The number of likely N-dealkylation sites (tertiary alicyclic amines) is 1. The Kier molecular flexibility index (Phi) is 8.73. The molecule has 2 aromatic rings. The first-order chi connectivity index (χ1) is 17.1. The number of hydrogen-bond acceptors (Lipinski definition) is 6. The Morgan fingerprint density at radius 3 is 2.29 bits per heavy atom. The summed E-state index contributed by atoms with van der Waals surface area (Å²) in [6.07, 6.45) is 2.56. The largest absolute Gasteiger partial charge is 0.484 e. The van der Waals surface area contributed by atoms with Crippen molar-refractivity contribution in [2.75, 3.05) is 57.3 Å². The summed E-state index contributed by atoms with van der Waals surface area (Å²) in [6, 6.07) is 17.9. The predicted molar refractivity (Wildman–Crippen MR) is 138 cm³/mol. The third-order valence-corrected chi connectivity index (χ3v) is 6.59. The van der Waals surface area contributed by atoms with E-state index in [4.69, 9.17) is 4.74 Å². The number of benzene rings is 2. The highest BCUT2D eigenvalue weighted by atomic mass is 16.5. The second kappa shape index (κ2) is 12.4. The molecule has 2 amide bonds. The van der Waals surface area contributed by atoms with Crippen LogP contribution >= 0.6 is 0 Å². The Balaban J connectivity index is 1.15. The van der Waals surface area contributed by atoms with Gasteiger partial charge in [-0.05, 0) is 61.7 Å². The van der Waals surface area contributed by atoms with Crippen LogP contribution in [0.1, 0.15) is 31.7 Å². The minimum absolute atomic E-state index is 0.0325. The Bertz CT molecular complexity index is 995. The van der Waals surface area contributed by atoms with Crippen LogP contribution in [-0.4, -0.2) is 79.7 Å². The molecule has 2 heterocycles. The van der Waals surface area contributed by atoms with Gasteiger partial charge in [0, 0.05) is 57.9 Å². The Morgan fingerprint density at radius 2 is 1.60 bits per heavy atom. The summed E-state index contributed by atoms with van der Waals surface area (Å²) in [7, 11) is 0. The molecule has 4 rings (SSSR count). The molecule has 2 aromatic carbocycles. The summed E-state index contributed by atoms with van der Waals surface area (Å²) in [5.41, 5.74) is 5.53. The maximum atomic E-state index is 12.3. The fraction of sp³-hybridized carbons (Fsp3) is 0.444. The van der Waals surface area contributed by atoms with Gasteiger partial charge in [-0.3, -0.25) is 14.5 Å². The first kappa shape index (κ1) is 24.7. The molecule has 0 radical (unpaired) electrons. The monoisotopic (exact) mass is 477 g/mol. The van der Waals surface area contributed by atoms with Crippen molar-refractivity contribution in [3.8, 4) is 5.75 Å². The zero-order chi connectivity index (χ0) is 24.5. The maximum Gasteiger partial charge on any atom is 0.260 e. The third kappa shape index (κ3) is 7.29. The summed E-state index contributed by atoms with van der Waals surface area (Å²) in [4.78, 5) is 31.0. The number of carbonyl (C=O) groups excluding carboxylic acids is 2. The number of para-hydroxylation sites is 1. The molecule has 0 spiro atoms. The Labute approximate surface area is 207 Å². The molecule has 35 heavy (non-hydrogen) atoms. The quantitative estimate of drug-likeness (QED) is 0.444. The standard InChI is InChI=1S/C27H35N5O3/c1-22(23-9-11-25(12-10-23)35-21-27(34)32-14-5-6-15-32)28-29-26(33)13-16-30-17-19-31(20-18-30)24-7-3-2-4-8-24/h2-4,7-12H,5-6,13-21H2,1H3,(H,29,33)/b28-22+. The van der Waals surface area contributed by atoms with Crippen LogP contribution in [0.4, 0.5) is 5.69 Å². The van der Waals surface area contributed by atoms with Crippen LogP contribution in [-0.2, 0) is 9.59 Å². The molecule has 2 fully saturated rings. The number of carbonyl (C=O) groups is 2. The van der Waals surface area contributed by atoms with E-state index in [1.807, 2.05) is 42.2 Å². The van der Waals surface area contributed by atoms with E-state index in [1.165, 1.54) is 5.69 Å². The van der Waals surface area contributed by atoms with Crippen LogP contribution in [0.15, 0.2) is 59.7 Å². The van der Waals surface area contributed by atoms with E-state index in [9.17, 15) is 9.59 Å². The van der Waals surface area contributed by atoms with E-state index >= 15 is 0 Å². The molecule has 2 aliphatic heterocycles. The molecule has 0 aromatic heterocycles. The summed E-state index contributed by atoms with van der Waals surface area (Å²) in [5.74, 6) is 0.589. The number of ether oxygens (including phenoxy) is 1. The minimum Gasteiger partial charge on any atom is -0.484 e. The second-order valence-corrected chi connectivity index (χ2v) is 9.05. The highest BCUT2D eigenvalue weighted by Crippen LogP contribution is 2.16. The lowest BCUT2D eigenvalue weighted by Gasteiger charge is -2.36. The summed E-state index contributed by atoms with van der Waals surface area (Å²) in [5, 5.41) is 4.25. The smallest absolute Gasteiger partial charge is 0.260 e. The number of amides is 2. The van der Waals surface area contributed by atoms with Crippen molar-refractivity contribution in [2.45, 2.75) is 26.2 Å². The summed E-state index contributed by atoms with van der Waals surface area (Å²) in [6.45, 7) is 8.13. The highest BCUT2D eigenvalue weighted by Gasteiger charge is 2.19. The average molecular weight is 478 g/mol. The molecule has 8 nitrogen and oxygen atoms in total. The number of hydrazone groups is 1. The molecule has 0 atom stereocenters. The van der Waals surface area contributed by atoms with Gasteiger partial charge in [0.05, 0.1) is 5.71 Å². The van der Waals surface area contributed by atoms with E-state index < -0.39 is 0 Å². The molecule has 2 saturated heterocycles. The molecule has 8 heteroatoms. The second-order valence-electron chi connectivity index (χ2n) is 9.05. The summed E-state index contributed by atoms with van der Waals surface area (Å²) < 4.78 is 5.63. The van der Waals surface area contributed by atoms with Crippen LogP contribution in [0, 0.1) is 0 Å².